The highest BCUT2D eigenvalue weighted by molar-refractivity contribution is 6.32. The van der Waals surface area contributed by atoms with E-state index >= 15 is 0 Å². The van der Waals surface area contributed by atoms with Crippen molar-refractivity contribution in [1.29, 1.82) is 0 Å². The number of Topliss-reactive ketones (excluding diaryl/α,β-unsaturated/α-hetero) is 3. The summed E-state index contributed by atoms with van der Waals surface area (Å²) < 4.78 is 16.8. The molecule has 7 rings (SSSR count). The van der Waals surface area contributed by atoms with Crippen LogP contribution in [0.4, 0.5) is 5.69 Å². The second kappa shape index (κ2) is 9.98. The zero-order valence-electron chi connectivity index (χ0n) is 23.9. The molecule has 3 atom stereocenters. The molecule has 3 aliphatic rings. The van der Waals surface area contributed by atoms with Gasteiger partial charge in [-0.2, -0.15) is 0 Å². The van der Waals surface area contributed by atoms with Crippen molar-refractivity contribution in [3.05, 3.63) is 125 Å². The standard InChI is InChI=1S/C36H29NO6/c1-41-23-15-12-22(13-16-23)33(38)32-31(27-20-24(42-2)17-18-29(27)43-3)36(34(39)25-9-5-6-10-26(25)35(36)40)30-19-14-21-8-4-7-11-28(21)37(30)32/h4-20,30-32H,1-3H3/t30-,31-,32-/m0/s1. The quantitative estimate of drug-likeness (QED) is 0.207. The average Bonchev–Trinajstić information content (AvgIpc) is 3.50. The zero-order chi connectivity index (χ0) is 29.9. The summed E-state index contributed by atoms with van der Waals surface area (Å²) in [6.07, 6.45) is 3.85. The number of hydrogen-bond donors (Lipinski definition) is 0. The number of fused-ring (bicyclic) bond motifs is 5. The van der Waals surface area contributed by atoms with E-state index in [0.29, 0.717) is 39.5 Å². The average molecular weight is 572 g/mol. The van der Waals surface area contributed by atoms with Crippen LogP contribution in [0, 0.1) is 5.41 Å². The number of methoxy groups -OCH3 is 3. The third-order valence-electron chi connectivity index (χ3n) is 9.13. The summed E-state index contributed by atoms with van der Waals surface area (Å²) in [6, 6.07) is 25.2. The molecule has 0 amide bonds. The minimum Gasteiger partial charge on any atom is -0.497 e. The van der Waals surface area contributed by atoms with E-state index in [4.69, 9.17) is 14.2 Å². The molecule has 0 unspecified atom stereocenters. The molecular formula is C36H29NO6. The Hall–Kier alpha value is -5.17. The number of hydrogen-bond acceptors (Lipinski definition) is 7. The van der Waals surface area contributed by atoms with Gasteiger partial charge in [-0.05, 0) is 54.1 Å². The molecule has 7 heteroatoms. The fourth-order valence-corrected chi connectivity index (χ4v) is 7.27. The Bertz CT molecular complexity index is 1790. The van der Waals surface area contributed by atoms with Crippen molar-refractivity contribution in [3.63, 3.8) is 0 Å². The summed E-state index contributed by atoms with van der Waals surface area (Å²) in [7, 11) is 4.67. The van der Waals surface area contributed by atoms with E-state index in [9.17, 15) is 14.4 Å². The molecule has 0 N–H and O–H groups in total. The highest BCUT2D eigenvalue weighted by Gasteiger charge is 2.72. The van der Waals surface area contributed by atoms with Crippen molar-refractivity contribution in [3.8, 4) is 17.2 Å². The Kier molecular flexibility index (Phi) is 6.20. The van der Waals surface area contributed by atoms with Gasteiger partial charge in [-0.25, -0.2) is 0 Å². The van der Waals surface area contributed by atoms with Crippen LogP contribution in [0.1, 0.15) is 48.1 Å². The minimum atomic E-state index is -1.64. The van der Waals surface area contributed by atoms with Crippen molar-refractivity contribution in [1.82, 2.24) is 0 Å². The van der Waals surface area contributed by atoms with Gasteiger partial charge in [0.05, 0.1) is 27.4 Å². The molecule has 1 fully saturated rings. The fraction of sp³-hybridized carbons (Fsp3) is 0.194. The number of benzene rings is 4. The first-order valence-corrected chi connectivity index (χ1v) is 14.1. The number of rotatable bonds is 6. The van der Waals surface area contributed by atoms with Gasteiger partial charge in [0.25, 0.3) is 0 Å². The highest BCUT2D eigenvalue weighted by atomic mass is 16.5. The molecular weight excluding hydrogens is 542 g/mol. The first-order chi connectivity index (χ1) is 20.9. The van der Waals surface area contributed by atoms with Gasteiger partial charge in [-0.3, -0.25) is 14.4 Å². The molecule has 0 aromatic heterocycles. The van der Waals surface area contributed by atoms with Crippen LogP contribution in [0.15, 0.2) is 97.1 Å². The lowest BCUT2D eigenvalue weighted by atomic mass is 9.64. The Morgan fingerprint density at radius 1 is 0.744 bits per heavy atom. The highest BCUT2D eigenvalue weighted by Crippen LogP contribution is 2.62. The van der Waals surface area contributed by atoms with Crippen molar-refractivity contribution >= 4 is 29.1 Å². The number of nitrogens with zero attached hydrogens (tertiary/aromatic N) is 1. The van der Waals surface area contributed by atoms with Gasteiger partial charge >= 0.3 is 0 Å². The predicted octanol–water partition coefficient (Wildman–Crippen LogP) is 6.03. The second-order valence-electron chi connectivity index (χ2n) is 11.0. The summed E-state index contributed by atoms with van der Waals surface area (Å²) in [6.45, 7) is 0. The summed E-state index contributed by atoms with van der Waals surface area (Å²) in [5.74, 6) is -0.129. The number of para-hydroxylation sites is 1. The first-order valence-electron chi connectivity index (χ1n) is 14.1. The molecule has 4 aromatic rings. The van der Waals surface area contributed by atoms with Gasteiger partial charge in [-0.1, -0.05) is 54.6 Å². The molecule has 2 heterocycles. The molecule has 0 saturated carbocycles. The van der Waals surface area contributed by atoms with Crippen molar-refractivity contribution in [2.45, 2.75) is 18.0 Å². The Morgan fingerprint density at radius 2 is 1.37 bits per heavy atom. The molecule has 4 aromatic carbocycles. The lowest BCUT2D eigenvalue weighted by Crippen LogP contribution is -2.48. The van der Waals surface area contributed by atoms with Crippen LogP contribution in [-0.2, 0) is 0 Å². The van der Waals surface area contributed by atoms with Crippen LogP contribution >= 0.6 is 0 Å². The van der Waals surface area contributed by atoms with E-state index in [1.54, 1.807) is 88.1 Å². The molecule has 1 aliphatic carbocycles. The van der Waals surface area contributed by atoms with E-state index in [1.165, 1.54) is 0 Å². The maximum absolute atomic E-state index is 14.9. The Morgan fingerprint density at radius 3 is 2.02 bits per heavy atom. The van der Waals surface area contributed by atoms with Crippen molar-refractivity contribution in [2.75, 3.05) is 26.2 Å². The van der Waals surface area contributed by atoms with E-state index in [2.05, 4.69) is 0 Å². The molecule has 1 spiro atoms. The van der Waals surface area contributed by atoms with Crippen LogP contribution < -0.4 is 19.1 Å². The molecule has 1 saturated heterocycles. The minimum absolute atomic E-state index is 0.221. The molecule has 7 nitrogen and oxygen atoms in total. The molecule has 214 valence electrons. The fourth-order valence-electron chi connectivity index (χ4n) is 7.27. The van der Waals surface area contributed by atoms with Gasteiger partial charge in [0.15, 0.2) is 17.3 Å². The predicted molar refractivity (Wildman–Crippen MR) is 163 cm³/mol. The molecule has 43 heavy (non-hydrogen) atoms. The topological polar surface area (TPSA) is 82.1 Å². The summed E-state index contributed by atoms with van der Waals surface area (Å²) >= 11 is 0. The van der Waals surface area contributed by atoms with Crippen LogP contribution in [0.5, 0.6) is 17.2 Å². The van der Waals surface area contributed by atoms with Crippen LogP contribution in [0.3, 0.4) is 0 Å². The molecule has 0 radical (unpaired) electrons. The van der Waals surface area contributed by atoms with E-state index < -0.39 is 23.4 Å². The SMILES string of the molecule is COc1ccc(C(=O)[C@@H]2[C@H](c3cc(OC)ccc3OC)C3(C(=O)c4ccccc4C3=O)[C@@H]3C=Cc4ccccc4N23)cc1. The monoisotopic (exact) mass is 571 g/mol. The largest absolute Gasteiger partial charge is 0.497 e. The number of ether oxygens (including phenoxy) is 3. The van der Waals surface area contributed by atoms with Crippen molar-refractivity contribution < 1.29 is 28.6 Å². The summed E-state index contributed by atoms with van der Waals surface area (Å²) in [5.41, 5.74) is 1.77. The molecule has 0 bridgehead atoms. The number of carbonyl (C=O) groups is 3. The Balaban J connectivity index is 1.56. The zero-order valence-corrected chi connectivity index (χ0v) is 23.9. The first kappa shape index (κ1) is 26.7. The second-order valence-corrected chi connectivity index (χ2v) is 11.0. The van der Waals surface area contributed by atoms with Gasteiger partial charge < -0.3 is 19.1 Å². The lowest BCUT2D eigenvalue weighted by Gasteiger charge is -2.37. The van der Waals surface area contributed by atoms with Gasteiger partial charge in [0.2, 0.25) is 0 Å². The van der Waals surface area contributed by atoms with Crippen LogP contribution in [0.2, 0.25) is 0 Å². The number of carbonyl (C=O) groups excluding carboxylic acids is 3. The van der Waals surface area contributed by atoms with E-state index in [1.807, 2.05) is 41.3 Å². The summed E-state index contributed by atoms with van der Waals surface area (Å²) in [4.78, 5) is 46.5. The van der Waals surface area contributed by atoms with Gasteiger partial charge in [0.1, 0.15) is 28.7 Å². The maximum Gasteiger partial charge on any atom is 0.185 e. The maximum atomic E-state index is 14.9. The lowest BCUT2D eigenvalue weighted by molar-refractivity contribution is 0.0664. The number of ketones is 3. The normalized spacial score (nSPS) is 20.9. The van der Waals surface area contributed by atoms with Gasteiger partial charge in [0, 0.05) is 33.9 Å². The van der Waals surface area contributed by atoms with E-state index in [-0.39, 0.29) is 17.3 Å². The summed E-state index contributed by atoms with van der Waals surface area (Å²) in [5, 5.41) is 0. The van der Waals surface area contributed by atoms with Crippen molar-refractivity contribution in [2.24, 2.45) is 5.41 Å². The molecule has 2 aliphatic heterocycles. The van der Waals surface area contributed by atoms with Crippen LogP contribution in [-0.4, -0.2) is 50.8 Å². The van der Waals surface area contributed by atoms with Gasteiger partial charge in [-0.15, -0.1) is 0 Å². The number of anilines is 1. The van der Waals surface area contributed by atoms with Crippen LogP contribution in [0.25, 0.3) is 6.08 Å². The third-order valence-corrected chi connectivity index (χ3v) is 9.13. The smallest absolute Gasteiger partial charge is 0.185 e. The Labute approximate surface area is 249 Å². The van der Waals surface area contributed by atoms with E-state index in [0.717, 1.165) is 11.3 Å². The third kappa shape index (κ3) is 3.64.